The Balaban J connectivity index is 1.71. The Hall–Kier alpha value is -2.33. The third-order valence-electron chi connectivity index (χ3n) is 4.03. The minimum atomic E-state index is -4.05. The fourth-order valence-electron chi connectivity index (χ4n) is 2.59. The molecule has 27 heavy (non-hydrogen) atoms. The van der Waals surface area contributed by atoms with Crippen LogP contribution in [0.15, 0.2) is 53.4 Å². The predicted molar refractivity (Wildman–Crippen MR) is 94.7 cm³/mol. The molecule has 1 amide bonds. The number of carbonyl (C=O) groups excluding carboxylic acids is 1. The van der Waals surface area contributed by atoms with E-state index in [2.05, 4.69) is 5.48 Å². The van der Waals surface area contributed by atoms with Crippen LogP contribution in [-0.2, 0) is 26.2 Å². The molecule has 7 nitrogen and oxygen atoms in total. The fraction of sp³-hybridized carbons (Fsp3) is 0.278. The van der Waals surface area contributed by atoms with Crippen molar-refractivity contribution >= 4 is 15.9 Å². The van der Waals surface area contributed by atoms with Crippen molar-refractivity contribution in [3.8, 4) is 0 Å². The largest absolute Gasteiger partial charge is 0.379 e. The molecule has 0 radical (unpaired) electrons. The smallest absolute Gasteiger partial charge is 0.274 e. The Morgan fingerprint density at radius 2 is 1.85 bits per heavy atom. The molecule has 2 aromatic rings. The van der Waals surface area contributed by atoms with Crippen molar-refractivity contribution in [3.63, 3.8) is 0 Å². The molecule has 0 saturated carbocycles. The molecule has 1 heterocycles. The lowest BCUT2D eigenvalue weighted by Crippen LogP contribution is -2.41. The third-order valence-corrected chi connectivity index (χ3v) is 5.94. The molecule has 0 aliphatic carbocycles. The molecular weight excluding hydrogens is 375 g/mol. The lowest BCUT2D eigenvalue weighted by molar-refractivity contribution is 0.0233. The summed E-state index contributed by atoms with van der Waals surface area (Å²) in [5, 5.41) is 0. The van der Waals surface area contributed by atoms with Gasteiger partial charge in [0.1, 0.15) is 10.7 Å². The topological polar surface area (TPSA) is 84.9 Å². The van der Waals surface area contributed by atoms with Crippen LogP contribution in [0.2, 0.25) is 0 Å². The number of hydrogen-bond donors (Lipinski definition) is 1. The zero-order chi connectivity index (χ0) is 19.3. The molecule has 1 N–H and O–H groups in total. The van der Waals surface area contributed by atoms with Crippen LogP contribution in [0.5, 0.6) is 0 Å². The Bertz CT molecular complexity index is 899. The molecule has 1 saturated heterocycles. The maximum atomic E-state index is 14.2. The molecule has 9 heteroatoms. The maximum Gasteiger partial charge on any atom is 0.274 e. The highest BCUT2D eigenvalue weighted by molar-refractivity contribution is 7.89. The van der Waals surface area contributed by atoms with Gasteiger partial charge in [-0.1, -0.05) is 30.3 Å². The van der Waals surface area contributed by atoms with Gasteiger partial charge in [0.25, 0.3) is 5.91 Å². The minimum absolute atomic E-state index is 0.0173. The maximum absolute atomic E-state index is 14.2. The number of amides is 1. The van der Waals surface area contributed by atoms with Crippen molar-refractivity contribution < 1.29 is 27.2 Å². The first-order valence-electron chi connectivity index (χ1n) is 8.32. The molecule has 1 aliphatic rings. The highest BCUT2D eigenvalue weighted by Gasteiger charge is 2.29. The van der Waals surface area contributed by atoms with Crippen LogP contribution in [0.1, 0.15) is 15.9 Å². The summed E-state index contributed by atoms with van der Waals surface area (Å²) in [6.45, 7) is 0.909. The molecule has 3 rings (SSSR count). The number of nitrogens with zero attached hydrogens (tertiary/aromatic N) is 1. The first-order valence-corrected chi connectivity index (χ1v) is 9.76. The summed E-state index contributed by atoms with van der Waals surface area (Å²) < 4.78 is 45.7. The van der Waals surface area contributed by atoms with Crippen molar-refractivity contribution in [2.45, 2.75) is 11.5 Å². The zero-order valence-corrected chi connectivity index (χ0v) is 15.2. The van der Waals surface area contributed by atoms with E-state index in [0.29, 0.717) is 0 Å². The normalized spacial score (nSPS) is 15.4. The molecule has 0 atom stereocenters. The van der Waals surface area contributed by atoms with E-state index >= 15 is 0 Å². The second-order valence-electron chi connectivity index (χ2n) is 5.87. The summed E-state index contributed by atoms with van der Waals surface area (Å²) in [5.74, 6) is -1.58. The number of ether oxygens (including phenoxy) is 1. The molecular formula is C18H19FN2O5S. The number of nitrogens with one attached hydrogen (secondary N) is 1. The number of halogens is 1. The van der Waals surface area contributed by atoms with Gasteiger partial charge in [-0.2, -0.15) is 4.31 Å². The summed E-state index contributed by atoms with van der Waals surface area (Å²) in [4.78, 5) is 16.8. The van der Waals surface area contributed by atoms with E-state index in [1.165, 1.54) is 6.07 Å². The third kappa shape index (κ3) is 4.69. The van der Waals surface area contributed by atoms with Crippen molar-refractivity contribution in [1.82, 2.24) is 9.79 Å². The van der Waals surface area contributed by atoms with Crippen molar-refractivity contribution in [1.29, 1.82) is 0 Å². The number of hydrogen-bond acceptors (Lipinski definition) is 5. The monoisotopic (exact) mass is 394 g/mol. The summed E-state index contributed by atoms with van der Waals surface area (Å²) in [6, 6.07) is 12.4. The van der Waals surface area contributed by atoms with E-state index in [-0.39, 0.29) is 38.5 Å². The average molecular weight is 394 g/mol. The Morgan fingerprint density at radius 3 is 2.56 bits per heavy atom. The highest BCUT2D eigenvalue weighted by atomic mass is 32.2. The lowest BCUT2D eigenvalue weighted by Gasteiger charge is -2.26. The molecule has 0 spiro atoms. The quantitative estimate of drug-likeness (QED) is 0.754. The van der Waals surface area contributed by atoms with Crippen LogP contribution in [0.25, 0.3) is 0 Å². The fourth-order valence-corrected chi connectivity index (χ4v) is 4.08. The van der Waals surface area contributed by atoms with E-state index in [1.807, 2.05) is 30.3 Å². The van der Waals surface area contributed by atoms with Crippen molar-refractivity contribution in [2.24, 2.45) is 0 Å². The van der Waals surface area contributed by atoms with Gasteiger partial charge in [-0.3, -0.25) is 9.63 Å². The van der Waals surface area contributed by atoms with Crippen LogP contribution in [0.4, 0.5) is 4.39 Å². The molecule has 1 aliphatic heterocycles. The molecule has 2 aromatic carbocycles. The van der Waals surface area contributed by atoms with Crippen LogP contribution in [0.3, 0.4) is 0 Å². The van der Waals surface area contributed by atoms with Crippen LogP contribution in [-0.4, -0.2) is 44.9 Å². The first-order chi connectivity index (χ1) is 13.0. The van der Waals surface area contributed by atoms with Crippen LogP contribution < -0.4 is 5.48 Å². The van der Waals surface area contributed by atoms with Gasteiger partial charge in [-0.05, 0) is 23.8 Å². The molecule has 144 valence electrons. The van der Waals surface area contributed by atoms with Crippen LogP contribution >= 0.6 is 0 Å². The van der Waals surface area contributed by atoms with Gasteiger partial charge in [0.05, 0.1) is 19.8 Å². The van der Waals surface area contributed by atoms with Gasteiger partial charge in [-0.15, -0.1) is 0 Å². The molecule has 1 fully saturated rings. The van der Waals surface area contributed by atoms with Crippen molar-refractivity contribution in [3.05, 3.63) is 65.5 Å². The number of sulfonamides is 1. The lowest BCUT2D eigenvalue weighted by atomic mass is 10.2. The second-order valence-corrected chi connectivity index (χ2v) is 7.77. The number of benzene rings is 2. The minimum Gasteiger partial charge on any atom is -0.379 e. The molecule has 0 unspecified atom stereocenters. The number of rotatable bonds is 6. The SMILES string of the molecule is O=C(NOCc1ccccc1)c1ccc(F)c(S(=O)(=O)N2CCOCC2)c1. The van der Waals surface area contributed by atoms with E-state index in [4.69, 9.17) is 9.57 Å². The van der Waals surface area contributed by atoms with Crippen molar-refractivity contribution in [2.75, 3.05) is 26.3 Å². The number of morpholine rings is 1. The first kappa shape index (κ1) is 19.4. The second kappa shape index (κ2) is 8.57. The van der Waals surface area contributed by atoms with Gasteiger partial charge in [-0.25, -0.2) is 18.3 Å². The molecule has 0 aromatic heterocycles. The summed E-state index contributed by atoms with van der Waals surface area (Å²) >= 11 is 0. The number of hydroxylamine groups is 1. The Labute approximate surface area is 156 Å². The van der Waals surface area contributed by atoms with E-state index in [9.17, 15) is 17.6 Å². The average Bonchev–Trinajstić information content (AvgIpc) is 2.69. The van der Waals surface area contributed by atoms with E-state index in [1.54, 1.807) is 0 Å². The van der Waals surface area contributed by atoms with Gasteiger partial charge in [0.15, 0.2) is 0 Å². The van der Waals surface area contributed by atoms with E-state index in [0.717, 1.165) is 22.0 Å². The standard InChI is InChI=1S/C18H19FN2O5S/c19-16-7-6-15(18(22)20-26-13-14-4-2-1-3-5-14)12-17(16)27(23,24)21-8-10-25-11-9-21/h1-7,12H,8-11,13H2,(H,20,22). The summed E-state index contributed by atoms with van der Waals surface area (Å²) in [5.41, 5.74) is 3.07. The van der Waals surface area contributed by atoms with Gasteiger partial charge in [0, 0.05) is 18.7 Å². The predicted octanol–water partition coefficient (Wildman–Crippen LogP) is 1.71. The van der Waals surface area contributed by atoms with Gasteiger partial charge >= 0.3 is 0 Å². The Morgan fingerprint density at radius 1 is 1.15 bits per heavy atom. The van der Waals surface area contributed by atoms with Gasteiger partial charge < -0.3 is 4.74 Å². The molecule has 0 bridgehead atoms. The zero-order valence-electron chi connectivity index (χ0n) is 14.4. The summed E-state index contributed by atoms with van der Waals surface area (Å²) in [6.07, 6.45) is 0. The highest BCUT2D eigenvalue weighted by Crippen LogP contribution is 2.22. The van der Waals surface area contributed by atoms with Gasteiger partial charge in [0.2, 0.25) is 10.0 Å². The number of carbonyl (C=O) groups is 1. The summed E-state index contributed by atoms with van der Waals surface area (Å²) in [7, 11) is -4.05. The van der Waals surface area contributed by atoms with Crippen LogP contribution in [0, 0.1) is 5.82 Å². The van der Waals surface area contributed by atoms with E-state index < -0.39 is 26.6 Å². The Kier molecular flexibility index (Phi) is 6.17.